The van der Waals surface area contributed by atoms with Crippen LogP contribution in [0.4, 0.5) is 5.69 Å². The van der Waals surface area contributed by atoms with Gasteiger partial charge in [-0.15, -0.1) is 0 Å². The number of benzene rings is 1. The molecule has 0 atom stereocenters. The Hall–Kier alpha value is -2.83. The number of ether oxygens (including phenoxy) is 1. The molecule has 0 fully saturated rings. The van der Waals surface area contributed by atoms with E-state index in [0.717, 1.165) is 16.7 Å². The summed E-state index contributed by atoms with van der Waals surface area (Å²) >= 11 is 0. The van der Waals surface area contributed by atoms with E-state index in [1.165, 1.54) is 42.9 Å². The lowest BCUT2D eigenvalue weighted by Crippen LogP contribution is -2.43. The van der Waals surface area contributed by atoms with E-state index in [2.05, 4.69) is 11.9 Å². The van der Waals surface area contributed by atoms with E-state index < -0.39 is 11.2 Å². The van der Waals surface area contributed by atoms with Gasteiger partial charge in [-0.3, -0.25) is 18.9 Å². The van der Waals surface area contributed by atoms with Crippen molar-refractivity contribution in [2.45, 2.75) is 85.2 Å². The van der Waals surface area contributed by atoms with Gasteiger partial charge in [-0.1, -0.05) is 39.0 Å². The van der Waals surface area contributed by atoms with Crippen LogP contribution in [0.3, 0.4) is 0 Å². The largest absolute Gasteiger partial charge is 0.494 e. The maximum Gasteiger partial charge on any atom is 0.334 e. The number of aromatic hydroxyl groups is 1. The van der Waals surface area contributed by atoms with Crippen LogP contribution in [0.25, 0.3) is 0 Å². The second-order valence-corrected chi connectivity index (χ2v) is 8.62. The Bertz CT molecular complexity index is 1000. The highest BCUT2D eigenvalue weighted by Crippen LogP contribution is 2.20. The van der Waals surface area contributed by atoms with Crippen molar-refractivity contribution in [3.05, 3.63) is 50.7 Å². The standard InChI is InChI=1S/C25H37N3O4/c1-6-7-8-9-10-11-16-32-21-14-12-20(13-15-21)26-17-22-23(29)27(18(2)3)25(31)28(19(4)5)24(22)30/h12-15,17-19,29H,6-11,16H2,1-5H3. The third-order valence-electron chi connectivity index (χ3n) is 5.31. The quantitative estimate of drug-likeness (QED) is 0.353. The highest BCUT2D eigenvalue weighted by molar-refractivity contribution is 5.84. The predicted molar refractivity (Wildman–Crippen MR) is 130 cm³/mol. The van der Waals surface area contributed by atoms with Crippen LogP contribution in [0.1, 0.15) is 90.8 Å². The molecule has 1 aromatic carbocycles. The van der Waals surface area contributed by atoms with Gasteiger partial charge in [-0.2, -0.15) is 0 Å². The van der Waals surface area contributed by atoms with Gasteiger partial charge in [0.15, 0.2) is 0 Å². The summed E-state index contributed by atoms with van der Waals surface area (Å²) in [7, 11) is 0. The minimum atomic E-state index is -0.554. The average Bonchev–Trinajstić information content (AvgIpc) is 2.73. The van der Waals surface area contributed by atoms with Crippen molar-refractivity contribution < 1.29 is 9.84 Å². The first-order valence-corrected chi connectivity index (χ1v) is 11.6. The Morgan fingerprint density at radius 1 is 0.938 bits per heavy atom. The molecule has 0 aliphatic carbocycles. The van der Waals surface area contributed by atoms with Crippen LogP contribution in [-0.2, 0) is 0 Å². The van der Waals surface area contributed by atoms with Crippen LogP contribution < -0.4 is 16.0 Å². The van der Waals surface area contributed by atoms with Crippen molar-refractivity contribution >= 4 is 11.9 Å². The third kappa shape index (κ3) is 6.58. The molecule has 32 heavy (non-hydrogen) atoms. The molecule has 0 bridgehead atoms. The number of hydrogen-bond acceptors (Lipinski definition) is 5. The maximum atomic E-state index is 12.8. The van der Waals surface area contributed by atoms with Gasteiger partial charge in [0.1, 0.15) is 11.3 Å². The smallest absolute Gasteiger partial charge is 0.334 e. The predicted octanol–water partition coefficient (Wildman–Crippen LogP) is 5.37. The van der Waals surface area contributed by atoms with Crippen LogP contribution in [-0.4, -0.2) is 27.1 Å². The molecule has 0 saturated carbocycles. The highest BCUT2D eigenvalue weighted by atomic mass is 16.5. The number of aromatic nitrogens is 2. The molecule has 1 N–H and O–H groups in total. The van der Waals surface area contributed by atoms with E-state index >= 15 is 0 Å². The lowest BCUT2D eigenvalue weighted by molar-refractivity contribution is 0.304. The van der Waals surface area contributed by atoms with Gasteiger partial charge in [0, 0.05) is 18.3 Å². The topological polar surface area (TPSA) is 85.8 Å². The van der Waals surface area contributed by atoms with E-state index in [9.17, 15) is 14.7 Å². The molecule has 0 amide bonds. The van der Waals surface area contributed by atoms with E-state index in [-0.39, 0.29) is 23.5 Å². The van der Waals surface area contributed by atoms with Crippen molar-refractivity contribution in [2.75, 3.05) is 6.61 Å². The second kappa shape index (κ2) is 12.3. The average molecular weight is 444 g/mol. The monoisotopic (exact) mass is 443 g/mol. The Labute approximate surface area is 190 Å². The van der Waals surface area contributed by atoms with Gasteiger partial charge in [0.2, 0.25) is 5.88 Å². The SMILES string of the molecule is CCCCCCCCOc1ccc(N=Cc2c(O)n(C(C)C)c(=O)n(C(C)C)c2=O)cc1. The fraction of sp³-hybridized carbons (Fsp3) is 0.560. The van der Waals surface area contributed by atoms with Gasteiger partial charge in [-0.05, 0) is 58.4 Å². The summed E-state index contributed by atoms with van der Waals surface area (Å²) in [6, 6.07) is 6.63. The number of rotatable bonds is 12. The third-order valence-corrected chi connectivity index (χ3v) is 5.31. The Morgan fingerprint density at radius 2 is 1.53 bits per heavy atom. The number of unbranched alkanes of at least 4 members (excludes halogenated alkanes) is 5. The number of nitrogens with zero attached hydrogens (tertiary/aromatic N) is 3. The van der Waals surface area contributed by atoms with Gasteiger partial charge < -0.3 is 9.84 Å². The fourth-order valence-corrected chi connectivity index (χ4v) is 3.52. The Balaban J connectivity index is 2.12. The van der Waals surface area contributed by atoms with E-state index in [1.54, 1.807) is 39.8 Å². The van der Waals surface area contributed by atoms with E-state index in [0.29, 0.717) is 12.3 Å². The molecule has 2 aromatic rings. The van der Waals surface area contributed by atoms with Crippen molar-refractivity contribution in [3.63, 3.8) is 0 Å². The summed E-state index contributed by atoms with van der Waals surface area (Å²) in [6.07, 6.45) is 8.62. The lowest BCUT2D eigenvalue weighted by Gasteiger charge is -2.18. The molecule has 0 radical (unpaired) electrons. The number of aliphatic imine (C=N–C) groups is 1. The molecule has 0 saturated heterocycles. The van der Waals surface area contributed by atoms with Gasteiger partial charge in [-0.25, -0.2) is 4.79 Å². The molecule has 176 valence electrons. The summed E-state index contributed by atoms with van der Waals surface area (Å²) in [6.45, 7) is 9.98. The van der Waals surface area contributed by atoms with Crippen molar-refractivity contribution in [2.24, 2.45) is 4.99 Å². The molecule has 7 heteroatoms. The first-order chi connectivity index (χ1) is 15.3. The molecule has 1 heterocycles. The van der Waals surface area contributed by atoms with Crippen LogP contribution >= 0.6 is 0 Å². The second-order valence-electron chi connectivity index (χ2n) is 8.62. The summed E-state index contributed by atoms with van der Waals surface area (Å²) in [5, 5.41) is 10.6. The summed E-state index contributed by atoms with van der Waals surface area (Å²) in [5.41, 5.74) is -0.465. The Kier molecular flexibility index (Phi) is 9.75. The molecule has 2 rings (SSSR count). The summed E-state index contributed by atoms with van der Waals surface area (Å²) < 4.78 is 8.13. The van der Waals surface area contributed by atoms with Crippen LogP contribution in [0.15, 0.2) is 38.8 Å². The van der Waals surface area contributed by atoms with Gasteiger partial charge >= 0.3 is 5.69 Å². The number of hydrogen-bond donors (Lipinski definition) is 1. The zero-order valence-electron chi connectivity index (χ0n) is 20.0. The summed E-state index contributed by atoms with van der Waals surface area (Å²) in [4.78, 5) is 29.8. The van der Waals surface area contributed by atoms with Crippen molar-refractivity contribution in [1.29, 1.82) is 0 Å². The van der Waals surface area contributed by atoms with E-state index in [1.807, 2.05) is 12.1 Å². The van der Waals surface area contributed by atoms with Crippen LogP contribution in [0.2, 0.25) is 0 Å². The molecule has 0 spiro atoms. The van der Waals surface area contributed by atoms with Crippen molar-refractivity contribution in [1.82, 2.24) is 9.13 Å². The molecule has 0 aliphatic heterocycles. The first kappa shape index (κ1) is 25.4. The molecule has 7 nitrogen and oxygen atoms in total. The normalized spacial score (nSPS) is 11.7. The zero-order valence-corrected chi connectivity index (χ0v) is 20.0. The van der Waals surface area contributed by atoms with E-state index in [4.69, 9.17) is 4.74 Å². The summed E-state index contributed by atoms with van der Waals surface area (Å²) in [5.74, 6) is 0.408. The maximum absolute atomic E-state index is 12.8. The lowest BCUT2D eigenvalue weighted by atomic mass is 10.1. The molecular weight excluding hydrogens is 406 g/mol. The molecule has 0 unspecified atom stereocenters. The Morgan fingerprint density at radius 3 is 2.12 bits per heavy atom. The zero-order chi connectivity index (χ0) is 23.7. The molecule has 0 aliphatic rings. The minimum absolute atomic E-state index is 0.00426. The van der Waals surface area contributed by atoms with Gasteiger partial charge in [0.25, 0.3) is 5.56 Å². The van der Waals surface area contributed by atoms with Gasteiger partial charge in [0.05, 0.1) is 12.3 Å². The molecule has 1 aromatic heterocycles. The van der Waals surface area contributed by atoms with Crippen molar-refractivity contribution in [3.8, 4) is 11.6 Å². The molecular formula is C25H37N3O4. The minimum Gasteiger partial charge on any atom is -0.494 e. The van der Waals surface area contributed by atoms with Crippen LogP contribution in [0, 0.1) is 0 Å². The highest BCUT2D eigenvalue weighted by Gasteiger charge is 2.20. The first-order valence-electron chi connectivity index (χ1n) is 11.6. The fourth-order valence-electron chi connectivity index (χ4n) is 3.52. The van der Waals surface area contributed by atoms with Crippen LogP contribution in [0.5, 0.6) is 11.6 Å².